The van der Waals surface area contributed by atoms with Crippen LogP contribution in [-0.2, 0) is 0 Å². The highest BCUT2D eigenvalue weighted by atomic mass is 15.3. The fraction of sp³-hybridized carbons (Fsp3) is 0.167. The smallest absolute Gasteiger partial charge is 0.244 e. The van der Waals surface area contributed by atoms with E-state index in [1.807, 2.05) is 24.3 Å². The molecule has 0 saturated carbocycles. The number of aromatic nitrogens is 2. The molecule has 5 rings (SSSR count). The van der Waals surface area contributed by atoms with Crippen LogP contribution in [0.25, 0.3) is 22.2 Å². The van der Waals surface area contributed by atoms with Gasteiger partial charge in [0.15, 0.2) is 0 Å². The second kappa shape index (κ2) is 7.43. The van der Waals surface area contributed by atoms with E-state index in [0.717, 1.165) is 34.3 Å². The van der Waals surface area contributed by atoms with Gasteiger partial charge in [0, 0.05) is 16.9 Å². The summed E-state index contributed by atoms with van der Waals surface area (Å²) in [6, 6.07) is 16.6. The fourth-order valence-electron chi connectivity index (χ4n) is 3.81. The molecule has 0 saturated heterocycles. The first-order chi connectivity index (χ1) is 14.3. The number of allylic oxidation sites excluding steroid dienone is 2. The largest absolute Gasteiger partial charge is 0.280 e. The zero-order valence-corrected chi connectivity index (χ0v) is 16.2. The van der Waals surface area contributed by atoms with Gasteiger partial charge in [-0.3, -0.25) is 4.99 Å². The Kier molecular flexibility index (Phi) is 4.48. The normalized spacial score (nSPS) is 20.2. The molecule has 5 heteroatoms. The van der Waals surface area contributed by atoms with Gasteiger partial charge in [0.1, 0.15) is 0 Å². The number of hydrogen-bond acceptors (Lipinski definition) is 5. The van der Waals surface area contributed by atoms with Gasteiger partial charge >= 0.3 is 0 Å². The second-order valence-electron chi connectivity index (χ2n) is 7.40. The van der Waals surface area contributed by atoms with E-state index in [4.69, 9.17) is 9.98 Å². The lowest BCUT2D eigenvalue weighted by Crippen LogP contribution is -2.10. The SMILES string of the molecule is Cc1ccc2nc(N/N=C\C3=N[C@H]4C=CC=C[C@@H]4C3)nc(-c3ccccc3)c2c1. The number of fused-ring (bicyclic) bond motifs is 2. The monoisotopic (exact) mass is 379 g/mol. The molecule has 29 heavy (non-hydrogen) atoms. The van der Waals surface area contributed by atoms with E-state index in [1.54, 1.807) is 6.21 Å². The summed E-state index contributed by atoms with van der Waals surface area (Å²) in [5.41, 5.74) is 8.02. The predicted octanol–water partition coefficient (Wildman–Crippen LogP) is 4.96. The van der Waals surface area contributed by atoms with Crippen LogP contribution in [0.2, 0.25) is 0 Å². The quantitative estimate of drug-likeness (QED) is 0.515. The van der Waals surface area contributed by atoms with Crippen LogP contribution in [0.1, 0.15) is 12.0 Å². The van der Waals surface area contributed by atoms with E-state index >= 15 is 0 Å². The van der Waals surface area contributed by atoms with Crippen LogP contribution in [0.15, 0.2) is 82.9 Å². The molecule has 0 radical (unpaired) electrons. The van der Waals surface area contributed by atoms with Crippen molar-refractivity contribution in [2.75, 3.05) is 5.43 Å². The van der Waals surface area contributed by atoms with Gasteiger partial charge in [-0.15, -0.1) is 0 Å². The zero-order chi connectivity index (χ0) is 19.6. The van der Waals surface area contributed by atoms with Crippen molar-refractivity contribution >= 4 is 28.8 Å². The number of nitrogens with zero attached hydrogens (tertiary/aromatic N) is 4. The van der Waals surface area contributed by atoms with Gasteiger partial charge in [0.05, 0.1) is 29.2 Å². The van der Waals surface area contributed by atoms with Crippen molar-refractivity contribution in [1.29, 1.82) is 0 Å². The minimum Gasteiger partial charge on any atom is -0.280 e. The Hall–Kier alpha value is -3.60. The molecular weight excluding hydrogens is 358 g/mol. The Morgan fingerprint density at radius 1 is 1.03 bits per heavy atom. The maximum absolute atomic E-state index is 4.75. The number of benzene rings is 2. The van der Waals surface area contributed by atoms with Crippen LogP contribution in [0.4, 0.5) is 5.95 Å². The lowest BCUT2D eigenvalue weighted by Gasteiger charge is -2.11. The summed E-state index contributed by atoms with van der Waals surface area (Å²) >= 11 is 0. The number of anilines is 1. The summed E-state index contributed by atoms with van der Waals surface area (Å²) in [4.78, 5) is 14.1. The average molecular weight is 379 g/mol. The average Bonchev–Trinajstić information content (AvgIpc) is 3.17. The highest BCUT2D eigenvalue weighted by molar-refractivity contribution is 6.31. The molecule has 0 fully saturated rings. The zero-order valence-electron chi connectivity index (χ0n) is 16.2. The summed E-state index contributed by atoms with van der Waals surface area (Å²) in [7, 11) is 0. The maximum Gasteiger partial charge on any atom is 0.244 e. The van der Waals surface area contributed by atoms with Crippen LogP contribution in [0.5, 0.6) is 0 Å². The number of nitrogens with one attached hydrogen (secondary N) is 1. The summed E-state index contributed by atoms with van der Waals surface area (Å²) < 4.78 is 0. The Labute approximate surface area is 169 Å². The number of aryl methyl sites for hydroxylation is 1. The molecule has 0 spiro atoms. The third kappa shape index (κ3) is 3.59. The van der Waals surface area contributed by atoms with Crippen LogP contribution >= 0.6 is 0 Å². The lowest BCUT2D eigenvalue weighted by molar-refractivity contribution is 0.637. The number of hydrogen-bond donors (Lipinski definition) is 1. The molecule has 1 N–H and O–H groups in total. The number of rotatable bonds is 4. The van der Waals surface area contributed by atoms with Gasteiger partial charge in [-0.05, 0) is 25.5 Å². The van der Waals surface area contributed by atoms with Crippen LogP contribution in [-0.4, -0.2) is 27.9 Å². The molecule has 142 valence electrons. The van der Waals surface area contributed by atoms with Gasteiger partial charge in [-0.25, -0.2) is 15.4 Å². The topological polar surface area (TPSA) is 62.5 Å². The molecule has 5 nitrogen and oxygen atoms in total. The van der Waals surface area contributed by atoms with E-state index in [0.29, 0.717) is 11.9 Å². The Bertz CT molecular complexity index is 1170. The molecule has 2 aliphatic rings. The molecule has 1 aliphatic carbocycles. The minimum atomic E-state index is 0.242. The van der Waals surface area contributed by atoms with Crippen LogP contribution in [0.3, 0.4) is 0 Å². The number of hydrazone groups is 1. The van der Waals surface area contributed by atoms with E-state index in [1.165, 1.54) is 5.56 Å². The van der Waals surface area contributed by atoms with Crippen molar-refractivity contribution in [3.8, 4) is 11.3 Å². The first kappa shape index (κ1) is 17.5. The van der Waals surface area contributed by atoms with Crippen molar-refractivity contribution in [3.05, 3.63) is 78.4 Å². The summed E-state index contributed by atoms with van der Waals surface area (Å²) in [6.45, 7) is 2.08. The molecule has 2 atom stereocenters. The third-order valence-electron chi connectivity index (χ3n) is 5.25. The predicted molar refractivity (Wildman–Crippen MR) is 119 cm³/mol. The molecule has 0 amide bonds. The maximum atomic E-state index is 4.75. The van der Waals surface area contributed by atoms with Crippen LogP contribution in [0, 0.1) is 12.8 Å². The fourth-order valence-corrected chi connectivity index (χ4v) is 3.81. The van der Waals surface area contributed by atoms with Gasteiger partial charge < -0.3 is 0 Å². The Morgan fingerprint density at radius 3 is 2.76 bits per heavy atom. The molecular formula is C24H21N5. The molecule has 1 aliphatic heterocycles. The standard InChI is InChI=1S/C24H21N5/c1-16-11-12-22-20(13-16)23(17-7-3-2-4-8-17)28-24(27-22)29-25-15-19-14-18-9-5-6-10-21(18)26-19/h2-13,15,18,21H,14H2,1H3,(H,27,28,29)/b25-15-/t18-,21+/m1/s1. The highest BCUT2D eigenvalue weighted by Gasteiger charge is 2.25. The lowest BCUT2D eigenvalue weighted by atomic mass is 9.94. The first-order valence-corrected chi connectivity index (χ1v) is 9.81. The summed E-state index contributed by atoms with van der Waals surface area (Å²) in [5, 5.41) is 5.40. The van der Waals surface area contributed by atoms with E-state index in [-0.39, 0.29) is 6.04 Å². The van der Waals surface area contributed by atoms with Crippen molar-refractivity contribution in [2.45, 2.75) is 19.4 Å². The van der Waals surface area contributed by atoms with Gasteiger partial charge in [-0.1, -0.05) is 66.3 Å². The van der Waals surface area contributed by atoms with E-state index < -0.39 is 0 Å². The summed E-state index contributed by atoms with van der Waals surface area (Å²) in [6.07, 6.45) is 11.2. The third-order valence-corrected chi connectivity index (χ3v) is 5.25. The van der Waals surface area contributed by atoms with Crippen molar-refractivity contribution in [1.82, 2.24) is 9.97 Å². The highest BCUT2D eigenvalue weighted by Crippen LogP contribution is 2.28. The van der Waals surface area contributed by atoms with Crippen molar-refractivity contribution in [3.63, 3.8) is 0 Å². The Morgan fingerprint density at radius 2 is 1.90 bits per heavy atom. The molecule has 0 bridgehead atoms. The van der Waals surface area contributed by atoms with Gasteiger partial charge in [0.2, 0.25) is 5.95 Å². The second-order valence-corrected chi connectivity index (χ2v) is 7.40. The van der Waals surface area contributed by atoms with Crippen LogP contribution < -0.4 is 5.43 Å². The van der Waals surface area contributed by atoms with Crippen molar-refractivity contribution < 1.29 is 0 Å². The van der Waals surface area contributed by atoms with Gasteiger partial charge in [0.25, 0.3) is 0 Å². The van der Waals surface area contributed by atoms with Gasteiger partial charge in [-0.2, -0.15) is 5.10 Å². The van der Waals surface area contributed by atoms with Crippen molar-refractivity contribution in [2.24, 2.45) is 16.0 Å². The van der Waals surface area contributed by atoms with E-state index in [9.17, 15) is 0 Å². The molecule has 3 aromatic rings. The minimum absolute atomic E-state index is 0.242. The molecule has 1 aromatic heterocycles. The number of aliphatic imine (C=N–C) groups is 1. The first-order valence-electron chi connectivity index (χ1n) is 9.81. The Balaban J connectivity index is 1.44. The molecule has 0 unspecified atom stereocenters. The molecule has 2 heterocycles. The van der Waals surface area contributed by atoms with E-state index in [2.05, 4.69) is 71.0 Å². The summed E-state index contributed by atoms with van der Waals surface area (Å²) in [5.74, 6) is 0.929. The molecule has 2 aromatic carbocycles.